The van der Waals surface area contributed by atoms with Crippen LogP contribution in [0.15, 0.2) is 72.8 Å². The van der Waals surface area contributed by atoms with E-state index in [0.717, 1.165) is 87.1 Å². The summed E-state index contributed by atoms with van der Waals surface area (Å²) in [5.41, 5.74) is 4.89. The maximum absolute atomic E-state index is 12.9. The van der Waals surface area contributed by atoms with Gasteiger partial charge in [0.1, 0.15) is 5.60 Å². The molecule has 0 unspecified atom stereocenters. The molecule has 3 amide bonds. The van der Waals surface area contributed by atoms with Crippen LogP contribution in [0, 0.1) is 0 Å². The number of ether oxygens (including phenoxy) is 1. The number of carboxylic acid groups (broad SMARTS) is 1. The van der Waals surface area contributed by atoms with Gasteiger partial charge in [0.05, 0.1) is 5.69 Å². The minimum absolute atomic E-state index is 0.0662. The summed E-state index contributed by atoms with van der Waals surface area (Å²) in [5, 5.41) is 12.3. The Hall–Kier alpha value is -4.74. The third-order valence-corrected chi connectivity index (χ3v) is 10.4. The molecule has 56 heavy (non-hydrogen) atoms. The van der Waals surface area contributed by atoms with Crippen LogP contribution in [0.1, 0.15) is 99.5 Å². The van der Waals surface area contributed by atoms with Crippen LogP contribution in [0.25, 0.3) is 11.1 Å². The summed E-state index contributed by atoms with van der Waals surface area (Å²) in [4.78, 5) is 57.5. The summed E-state index contributed by atoms with van der Waals surface area (Å²) in [7, 11) is 5.67. The van der Waals surface area contributed by atoms with Crippen LogP contribution in [0.3, 0.4) is 0 Å². The average molecular weight is 770 g/mol. The Bertz CT molecular complexity index is 1720. The molecule has 1 saturated heterocycles. The van der Waals surface area contributed by atoms with Gasteiger partial charge < -0.3 is 29.4 Å². The Morgan fingerprint density at radius 3 is 2.14 bits per heavy atom. The second-order valence-corrected chi connectivity index (χ2v) is 16.2. The second-order valence-electron chi connectivity index (χ2n) is 16.2. The van der Waals surface area contributed by atoms with Crippen LogP contribution in [-0.4, -0.2) is 115 Å². The maximum atomic E-state index is 12.9. The van der Waals surface area contributed by atoms with E-state index in [-0.39, 0.29) is 23.7 Å². The Balaban J connectivity index is 1.09. The molecule has 0 aliphatic carbocycles. The van der Waals surface area contributed by atoms with E-state index in [9.17, 15) is 24.3 Å². The molecular weight excluding hydrogens is 707 g/mol. The molecule has 4 rings (SSSR count). The molecule has 0 spiro atoms. The monoisotopic (exact) mass is 769 g/mol. The lowest BCUT2D eigenvalue weighted by molar-refractivity contribution is -0.130. The number of unbranched alkanes of at least 4 members (excludes halogenated alkanes) is 2. The molecule has 1 heterocycles. The van der Waals surface area contributed by atoms with Crippen molar-refractivity contribution in [3.05, 3.63) is 89.5 Å². The molecule has 0 radical (unpaired) electrons. The minimum Gasteiger partial charge on any atom is -0.465 e. The van der Waals surface area contributed by atoms with Crippen LogP contribution in [0.5, 0.6) is 0 Å². The fourth-order valence-corrected chi connectivity index (χ4v) is 7.16. The third-order valence-electron chi connectivity index (χ3n) is 10.4. The number of hydrogen-bond acceptors (Lipinski definition) is 7. The number of nitrogens with zero attached hydrogens (tertiary/aromatic N) is 4. The number of nitrogens with one attached hydrogen (secondary N) is 1. The van der Waals surface area contributed by atoms with E-state index in [4.69, 9.17) is 4.74 Å². The van der Waals surface area contributed by atoms with Gasteiger partial charge in [-0.3, -0.25) is 14.9 Å². The number of rotatable bonds is 19. The summed E-state index contributed by atoms with van der Waals surface area (Å²) in [5.74, 6) is 0.506. The predicted molar refractivity (Wildman–Crippen MR) is 223 cm³/mol. The van der Waals surface area contributed by atoms with E-state index in [1.807, 2.05) is 106 Å². The van der Waals surface area contributed by atoms with Gasteiger partial charge in [0.25, 0.3) is 0 Å². The largest absolute Gasteiger partial charge is 0.465 e. The Labute approximate surface area is 334 Å². The zero-order valence-corrected chi connectivity index (χ0v) is 34.4. The van der Waals surface area contributed by atoms with E-state index in [1.54, 1.807) is 7.05 Å². The first-order chi connectivity index (χ1) is 26.7. The van der Waals surface area contributed by atoms with Crippen molar-refractivity contribution in [3.63, 3.8) is 0 Å². The highest BCUT2D eigenvalue weighted by atomic mass is 16.6. The van der Waals surface area contributed by atoms with Crippen molar-refractivity contribution >= 4 is 29.6 Å². The van der Waals surface area contributed by atoms with Crippen LogP contribution >= 0.6 is 0 Å². The number of carbonyl (C=O) groups is 4. The van der Waals surface area contributed by atoms with Crippen LogP contribution in [0.2, 0.25) is 0 Å². The number of ketones is 1. The number of carbonyl (C=O) groups excluding carboxylic acids is 3. The fraction of sp³-hybridized carbons (Fsp3) is 0.511. The van der Waals surface area contributed by atoms with Crippen molar-refractivity contribution in [1.82, 2.24) is 19.6 Å². The van der Waals surface area contributed by atoms with Gasteiger partial charge >= 0.3 is 12.2 Å². The number of para-hydroxylation sites is 1. The number of hydrogen-bond donors (Lipinski definition) is 2. The number of Topliss-reactive ketones (excluding diaryl/α,β-unsaturated/α-hetero) is 1. The van der Waals surface area contributed by atoms with Gasteiger partial charge in [-0.1, -0.05) is 79.2 Å². The number of likely N-dealkylation sites (N-methyl/N-ethyl adjacent to an activating group) is 1. The molecule has 2 N–H and O–H groups in total. The molecular formula is C45H63N5O6. The quantitative estimate of drug-likeness (QED) is 0.0919. The van der Waals surface area contributed by atoms with E-state index < -0.39 is 11.7 Å². The molecule has 1 fully saturated rings. The van der Waals surface area contributed by atoms with E-state index in [0.29, 0.717) is 43.6 Å². The molecule has 1 aliphatic rings. The summed E-state index contributed by atoms with van der Waals surface area (Å²) >= 11 is 0. The lowest BCUT2D eigenvalue weighted by Crippen LogP contribution is -2.40. The highest BCUT2D eigenvalue weighted by Gasteiger charge is 2.25. The highest BCUT2D eigenvalue weighted by molar-refractivity contribution is 5.96. The molecule has 0 saturated carbocycles. The van der Waals surface area contributed by atoms with Gasteiger partial charge in [0.15, 0.2) is 5.78 Å². The lowest BCUT2D eigenvalue weighted by atomic mass is 9.86. The van der Waals surface area contributed by atoms with E-state index in [1.165, 1.54) is 4.90 Å². The fourth-order valence-electron chi connectivity index (χ4n) is 7.16. The summed E-state index contributed by atoms with van der Waals surface area (Å²) in [6.45, 7) is 11.0. The molecule has 11 nitrogen and oxygen atoms in total. The van der Waals surface area contributed by atoms with Gasteiger partial charge in [-0.05, 0) is 102 Å². The molecule has 1 aliphatic heterocycles. The number of amides is 3. The van der Waals surface area contributed by atoms with Crippen molar-refractivity contribution in [2.24, 2.45) is 0 Å². The Morgan fingerprint density at radius 1 is 0.786 bits per heavy atom. The molecule has 3 aromatic rings. The molecule has 0 bridgehead atoms. The zero-order chi connectivity index (χ0) is 40.7. The van der Waals surface area contributed by atoms with Gasteiger partial charge in [0.2, 0.25) is 5.91 Å². The zero-order valence-electron chi connectivity index (χ0n) is 34.4. The van der Waals surface area contributed by atoms with Crippen molar-refractivity contribution in [2.45, 2.75) is 90.2 Å². The van der Waals surface area contributed by atoms with Gasteiger partial charge in [-0.25, -0.2) is 9.59 Å². The molecule has 304 valence electrons. The smallest absolute Gasteiger partial charge is 0.410 e. The second kappa shape index (κ2) is 21.5. The summed E-state index contributed by atoms with van der Waals surface area (Å²) in [6.07, 6.45) is 4.77. The highest BCUT2D eigenvalue weighted by Crippen LogP contribution is 2.39. The average Bonchev–Trinajstić information content (AvgIpc) is 3.16. The lowest BCUT2D eigenvalue weighted by Gasteiger charge is -2.34. The third kappa shape index (κ3) is 14.4. The maximum Gasteiger partial charge on any atom is 0.410 e. The summed E-state index contributed by atoms with van der Waals surface area (Å²) < 4.78 is 5.37. The molecule has 11 heteroatoms. The molecule has 3 aromatic carbocycles. The first kappa shape index (κ1) is 44.0. The van der Waals surface area contributed by atoms with Crippen molar-refractivity contribution < 1.29 is 29.0 Å². The minimum atomic E-state index is -1.06. The Kier molecular flexibility index (Phi) is 16.9. The first-order valence-electron chi connectivity index (χ1n) is 20.1. The van der Waals surface area contributed by atoms with Crippen LogP contribution < -0.4 is 5.32 Å². The number of piperidine rings is 1. The standard InChI is InChI=1S/C45H63N5O6/c1-45(2,3)56-44(55)49(6)28-14-19-40(51)37-23-21-34(22-24-37)33-47(4)27-12-8-11-20-41(52)48(5)31-32-50-29-25-36(26-30-50)39-18-13-17-38(42(39)46-43(53)54)35-15-9-7-10-16-35/h7,9-10,13,15-18,21-24,36,46H,8,11-12,14,19-20,25-33H2,1-6H3,(H,53,54). The summed E-state index contributed by atoms with van der Waals surface area (Å²) in [6, 6.07) is 23.7. The number of likely N-dealkylation sites (tertiary alicyclic amines) is 1. The molecule has 0 atom stereocenters. The SMILES string of the molecule is CN(CCCCCC(=O)N(C)CCN1CCC(c2cccc(-c3ccccc3)c2NC(=O)O)CC1)Cc1ccc(C(=O)CCCN(C)C(=O)OC(C)(C)C)cc1. The normalized spacial score (nSPS) is 13.7. The van der Waals surface area contributed by atoms with Crippen molar-refractivity contribution in [3.8, 4) is 11.1 Å². The van der Waals surface area contributed by atoms with Crippen molar-refractivity contribution in [2.75, 3.05) is 65.7 Å². The first-order valence-corrected chi connectivity index (χ1v) is 20.1. The number of anilines is 1. The van der Waals surface area contributed by atoms with Crippen LogP contribution in [-0.2, 0) is 16.1 Å². The van der Waals surface area contributed by atoms with Gasteiger partial charge in [-0.2, -0.15) is 0 Å². The van der Waals surface area contributed by atoms with E-state index in [2.05, 4.69) is 22.2 Å². The van der Waals surface area contributed by atoms with Gasteiger partial charge in [0, 0.05) is 64.2 Å². The predicted octanol–water partition coefficient (Wildman–Crippen LogP) is 8.60. The number of benzene rings is 3. The van der Waals surface area contributed by atoms with Gasteiger partial charge in [-0.15, -0.1) is 0 Å². The Morgan fingerprint density at radius 2 is 1.48 bits per heavy atom. The van der Waals surface area contributed by atoms with E-state index >= 15 is 0 Å². The molecule has 0 aromatic heterocycles. The van der Waals surface area contributed by atoms with Crippen LogP contribution in [0.4, 0.5) is 15.3 Å². The van der Waals surface area contributed by atoms with Crippen molar-refractivity contribution in [1.29, 1.82) is 0 Å². The topological polar surface area (TPSA) is 123 Å².